The van der Waals surface area contributed by atoms with Crippen molar-refractivity contribution in [3.63, 3.8) is 0 Å². The van der Waals surface area contributed by atoms with Crippen molar-refractivity contribution >= 4 is 5.91 Å². The summed E-state index contributed by atoms with van der Waals surface area (Å²) in [7, 11) is 0. The molecule has 1 heterocycles. The molecule has 104 valence electrons. The van der Waals surface area contributed by atoms with Gasteiger partial charge in [0.25, 0.3) is 0 Å². The Bertz CT molecular complexity index is 473. The monoisotopic (exact) mass is 264 g/mol. The first-order valence-electron chi connectivity index (χ1n) is 6.71. The molecule has 0 aliphatic carbocycles. The van der Waals surface area contributed by atoms with Crippen LogP contribution in [0.4, 0.5) is 4.39 Å². The molecule has 1 aromatic rings. The molecular weight excluding hydrogens is 243 g/mol. The van der Waals surface area contributed by atoms with Crippen molar-refractivity contribution < 1.29 is 9.18 Å². The molecule has 0 aromatic heterocycles. The third kappa shape index (κ3) is 2.63. The van der Waals surface area contributed by atoms with Gasteiger partial charge >= 0.3 is 0 Å². The largest absolute Gasteiger partial charge is 0.342 e. The van der Waals surface area contributed by atoms with E-state index in [0.29, 0.717) is 24.6 Å². The van der Waals surface area contributed by atoms with Gasteiger partial charge in [-0.2, -0.15) is 0 Å². The molecule has 4 heteroatoms. The number of likely N-dealkylation sites (tertiary alicyclic amines) is 1. The minimum Gasteiger partial charge on any atom is -0.342 e. The Morgan fingerprint density at radius 2 is 2.16 bits per heavy atom. The third-order valence-electron chi connectivity index (χ3n) is 3.99. The fourth-order valence-corrected chi connectivity index (χ4v) is 2.69. The Hall–Kier alpha value is -1.42. The van der Waals surface area contributed by atoms with Crippen molar-refractivity contribution in [3.05, 3.63) is 35.6 Å². The van der Waals surface area contributed by atoms with Gasteiger partial charge in [0.2, 0.25) is 5.91 Å². The topological polar surface area (TPSA) is 46.3 Å². The van der Waals surface area contributed by atoms with Gasteiger partial charge < -0.3 is 10.6 Å². The number of halogens is 1. The summed E-state index contributed by atoms with van der Waals surface area (Å²) >= 11 is 0. The van der Waals surface area contributed by atoms with Gasteiger partial charge in [0, 0.05) is 18.7 Å². The average molecular weight is 264 g/mol. The van der Waals surface area contributed by atoms with E-state index in [0.717, 1.165) is 13.0 Å². The number of nitrogens with zero attached hydrogens (tertiary/aromatic N) is 1. The van der Waals surface area contributed by atoms with Crippen molar-refractivity contribution in [1.29, 1.82) is 0 Å². The van der Waals surface area contributed by atoms with E-state index >= 15 is 0 Å². The molecule has 1 aromatic carbocycles. The predicted molar refractivity (Wildman–Crippen MR) is 73.2 cm³/mol. The summed E-state index contributed by atoms with van der Waals surface area (Å²) in [5.41, 5.74) is 5.26. The summed E-state index contributed by atoms with van der Waals surface area (Å²) in [5, 5.41) is 0. The van der Waals surface area contributed by atoms with Crippen LogP contribution in [0.5, 0.6) is 0 Å². The summed E-state index contributed by atoms with van der Waals surface area (Å²) in [5.74, 6) is 0.0318. The van der Waals surface area contributed by atoms with E-state index in [2.05, 4.69) is 0 Å². The zero-order valence-electron chi connectivity index (χ0n) is 11.5. The molecule has 1 aliphatic rings. The van der Waals surface area contributed by atoms with E-state index in [-0.39, 0.29) is 11.7 Å². The van der Waals surface area contributed by atoms with E-state index in [4.69, 9.17) is 5.73 Å². The van der Waals surface area contributed by atoms with Crippen LogP contribution in [-0.4, -0.2) is 30.4 Å². The highest BCUT2D eigenvalue weighted by molar-refractivity contribution is 5.87. The minimum atomic E-state index is -0.838. The maximum absolute atomic E-state index is 13.9. The standard InChI is InChI=1S/C15H21FN2O/c1-15(2,12-5-3-4-6-13(12)16)14(19)18-8-7-11(9-17)10-18/h3-6,11H,7-10,17H2,1-2H3/t11-/m1/s1. The summed E-state index contributed by atoms with van der Waals surface area (Å²) < 4.78 is 13.9. The van der Waals surface area contributed by atoms with E-state index in [9.17, 15) is 9.18 Å². The van der Waals surface area contributed by atoms with Crippen LogP contribution >= 0.6 is 0 Å². The van der Waals surface area contributed by atoms with E-state index in [1.165, 1.54) is 6.07 Å². The molecule has 1 aliphatic heterocycles. The van der Waals surface area contributed by atoms with Gasteiger partial charge in [-0.15, -0.1) is 0 Å². The molecular formula is C15H21FN2O. The summed E-state index contributed by atoms with van der Waals surface area (Å²) in [4.78, 5) is 14.4. The Morgan fingerprint density at radius 3 is 2.74 bits per heavy atom. The van der Waals surface area contributed by atoms with Crippen molar-refractivity contribution in [2.75, 3.05) is 19.6 Å². The molecule has 19 heavy (non-hydrogen) atoms. The van der Waals surface area contributed by atoms with Crippen molar-refractivity contribution in [3.8, 4) is 0 Å². The lowest BCUT2D eigenvalue weighted by Crippen LogP contribution is -2.43. The van der Waals surface area contributed by atoms with Crippen LogP contribution < -0.4 is 5.73 Å². The van der Waals surface area contributed by atoms with Crippen LogP contribution in [0.1, 0.15) is 25.8 Å². The second kappa shape index (κ2) is 5.29. The Morgan fingerprint density at radius 1 is 1.47 bits per heavy atom. The number of carbonyl (C=O) groups is 1. The molecule has 3 nitrogen and oxygen atoms in total. The number of rotatable bonds is 3. The van der Waals surface area contributed by atoms with Crippen LogP contribution in [0.2, 0.25) is 0 Å². The maximum Gasteiger partial charge on any atom is 0.232 e. The Kier molecular flexibility index (Phi) is 3.90. The van der Waals surface area contributed by atoms with Crippen LogP contribution in [0, 0.1) is 11.7 Å². The molecule has 0 unspecified atom stereocenters. The zero-order valence-corrected chi connectivity index (χ0v) is 11.5. The quantitative estimate of drug-likeness (QED) is 0.906. The minimum absolute atomic E-state index is 0.0199. The Labute approximate surface area is 113 Å². The molecule has 2 N–H and O–H groups in total. The van der Waals surface area contributed by atoms with Gasteiger partial charge in [-0.1, -0.05) is 18.2 Å². The van der Waals surface area contributed by atoms with Gasteiger partial charge in [0.15, 0.2) is 0 Å². The third-order valence-corrected chi connectivity index (χ3v) is 3.99. The molecule has 0 bridgehead atoms. The van der Waals surface area contributed by atoms with Gasteiger partial charge in [0.05, 0.1) is 5.41 Å². The molecule has 1 atom stereocenters. The normalized spacial score (nSPS) is 19.8. The highest BCUT2D eigenvalue weighted by atomic mass is 19.1. The smallest absolute Gasteiger partial charge is 0.232 e. The number of amides is 1. The molecule has 0 saturated carbocycles. The first kappa shape index (κ1) is 14.0. The van der Waals surface area contributed by atoms with E-state index in [1.54, 1.807) is 32.0 Å². The van der Waals surface area contributed by atoms with E-state index in [1.807, 2.05) is 4.90 Å². The summed E-state index contributed by atoms with van der Waals surface area (Å²) in [6.07, 6.45) is 0.940. The fourth-order valence-electron chi connectivity index (χ4n) is 2.69. The fraction of sp³-hybridized carbons (Fsp3) is 0.533. The Balaban J connectivity index is 2.20. The number of hydrogen-bond donors (Lipinski definition) is 1. The highest BCUT2D eigenvalue weighted by Crippen LogP contribution is 2.30. The van der Waals surface area contributed by atoms with Crippen molar-refractivity contribution in [1.82, 2.24) is 4.90 Å². The van der Waals surface area contributed by atoms with Crippen LogP contribution in [0.25, 0.3) is 0 Å². The lowest BCUT2D eigenvalue weighted by Gasteiger charge is -2.30. The summed E-state index contributed by atoms with van der Waals surface area (Å²) in [6.45, 7) is 5.57. The van der Waals surface area contributed by atoms with Crippen LogP contribution in [0.3, 0.4) is 0 Å². The number of hydrogen-bond acceptors (Lipinski definition) is 2. The first-order chi connectivity index (χ1) is 8.96. The number of nitrogens with two attached hydrogens (primary N) is 1. The predicted octanol–water partition coefficient (Wildman–Crippen LogP) is 1.91. The molecule has 0 radical (unpaired) electrons. The molecule has 1 saturated heterocycles. The van der Waals surface area contributed by atoms with Crippen LogP contribution in [0.15, 0.2) is 24.3 Å². The maximum atomic E-state index is 13.9. The first-order valence-corrected chi connectivity index (χ1v) is 6.71. The lowest BCUT2D eigenvalue weighted by atomic mass is 9.83. The average Bonchev–Trinajstić information content (AvgIpc) is 2.86. The van der Waals surface area contributed by atoms with Crippen molar-refractivity contribution in [2.24, 2.45) is 11.7 Å². The lowest BCUT2D eigenvalue weighted by molar-refractivity contribution is -0.135. The number of benzene rings is 1. The van der Waals surface area contributed by atoms with Gasteiger partial charge in [0.1, 0.15) is 5.82 Å². The second-order valence-corrected chi connectivity index (χ2v) is 5.75. The van der Waals surface area contributed by atoms with E-state index < -0.39 is 5.41 Å². The molecule has 0 spiro atoms. The second-order valence-electron chi connectivity index (χ2n) is 5.75. The molecule has 1 amide bonds. The molecule has 1 fully saturated rings. The summed E-state index contributed by atoms with van der Waals surface area (Å²) in [6, 6.07) is 6.49. The van der Waals surface area contributed by atoms with Gasteiger partial charge in [-0.25, -0.2) is 4.39 Å². The SMILES string of the molecule is CC(C)(C(=O)N1CC[C@H](CN)C1)c1ccccc1F. The van der Waals surface area contributed by atoms with Gasteiger partial charge in [-0.05, 0) is 38.8 Å². The number of carbonyl (C=O) groups excluding carboxylic acids is 1. The van der Waals surface area contributed by atoms with Gasteiger partial charge in [-0.3, -0.25) is 4.79 Å². The van der Waals surface area contributed by atoms with Crippen molar-refractivity contribution in [2.45, 2.75) is 25.7 Å². The molecule has 2 rings (SSSR count). The zero-order chi connectivity index (χ0) is 14.0. The van der Waals surface area contributed by atoms with Crippen LogP contribution in [-0.2, 0) is 10.2 Å². The highest BCUT2D eigenvalue weighted by Gasteiger charge is 2.38.